The van der Waals surface area contributed by atoms with Crippen LogP contribution in [0.2, 0.25) is 0 Å². The molecule has 0 bridgehead atoms. The maximum atomic E-state index is 5.58. The van der Waals surface area contributed by atoms with E-state index < -0.39 is 0 Å². The van der Waals surface area contributed by atoms with E-state index in [-0.39, 0.29) is 17.8 Å². The zero-order valence-electron chi connectivity index (χ0n) is 10.5. The van der Waals surface area contributed by atoms with Gasteiger partial charge in [0.2, 0.25) is 5.89 Å². The fraction of sp³-hybridized carbons (Fsp3) is 0.846. The van der Waals surface area contributed by atoms with Crippen molar-refractivity contribution >= 4 is 12.4 Å². The molecule has 1 saturated heterocycles. The van der Waals surface area contributed by atoms with E-state index in [4.69, 9.17) is 4.52 Å². The predicted molar refractivity (Wildman–Crippen MR) is 69.9 cm³/mol. The quantitative estimate of drug-likeness (QED) is 0.913. The van der Waals surface area contributed by atoms with Crippen molar-refractivity contribution in [1.82, 2.24) is 15.5 Å². The van der Waals surface area contributed by atoms with Crippen molar-refractivity contribution in [2.75, 3.05) is 13.1 Å². The lowest BCUT2D eigenvalue weighted by atomic mass is 9.80. The van der Waals surface area contributed by atoms with E-state index in [1.54, 1.807) is 0 Å². The minimum atomic E-state index is 0. The summed E-state index contributed by atoms with van der Waals surface area (Å²) in [5.41, 5.74) is 0.175. The highest BCUT2D eigenvalue weighted by Gasteiger charge is 2.51. The average Bonchev–Trinajstić information content (AvgIpc) is 2.76. The van der Waals surface area contributed by atoms with Gasteiger partial charge in [0.15, 0.2) is 5.82 Å². The summed E-state index contributed by atoms with van der Waals surface area (Å²) in [6.07, 6.45) is 7.56. The molecule has 1 aliphatic heterocycles. The van der Waals surface area contributed by atoms with E-state index in [0.717, 1.165) is 43.1 Å². The normalized spacial score (nSPS) is 34.3. The van der Waals surface area contributed by atoms with E-state index in [1.165, 1.54) is 32.1 Å². The van der Waals surface area contributed by atoms with Crippen molar-refractivity contribution in [3.8, 4) is 0 Å². The molecular formula is C13H20ClN3O. The second-order valence-electron chi connectivity index (χ2n) is 6.04. The van der Waals surface area contributed by atoms with Crippen LogP contribution in [0, 0.1) is 11.8 Å². The van der Waals surface area contributed by atoms with Gasteiger partial charge in [-0.2, -0.15) is 4.98 Å². The molecule has 2 saturated carbocycles. The molecule has 0 aromatic carbocycles. The summed E-state index contributed by atoms with van der Waals surface area (Å²) in [4.78, 5) is 4.69. The van der Waals surface area contributed by atoms with Crippen LogP contribution in [0.3, 0.4) is 0 Å². The summed E-state index contributed by atoms with van der Waals surface area (Å²) >= 11 is 0. The van der Waals surface area contributed by atoms with Crippen LogP contribution in [0.25, 0.3) is 0 Å². The van der Waals surface area contributed by atoms with Crippen molar-refractivity contribution in [1.29, 1.82) is 0 Å². The molecule has 18 heavy (non-hydrogen) atoms. The zero-order chi connectivity index (χ0) is 11.3. The van der Waals surface area contributed by atoms with Crippen molar-refractivity contribution in [3.63, 3.8) is 0 Å². The van der Waals surface area contributed by atoms with Crippen LogP contribution in [0.5, 0.6) is 0 Å². The van der Waals surface area contributed by atoms with Crippen LogP contribution in [0.15, 0.2) is 4.52 Å². The number of halogens is 1. The number of nitrogens with zero attached hydrogens (tertiary/aromatic N) is 2. The molecule has 3 aliphatic rings. The van der Waals surface area contributed by atoms with Gasteiger partial charge >= 0.3 is 0 Å². The Morgan fingerprint density at radius 2 is 2.22 bits per heavy atom. The third-order valence-corrected chi connectivity index (χ3v) is 4.85. The van der Waals surface area contributed by atoms with Crippen LogP contribution < -0.4 is 5.32 Å². The Balaban J connectivity index is 0.000001000. The highest BCUT2D eigenvalue weighted by atomic mass is 35.5. The molecule has 5 heteroatoms. The van der Waals surface area contributed by atoms with Crippen molar-refractivity contribution in [2.24, 2.45) is 11.8 Å². The Labute approximate surface area is 113 Å². The third kappa shape index (κ3) is 1.86. The van der Waals surface area contributed by atoms with E-state index in [9.17, 15) is 0 Å². The Kier molecular flexibility index (Phi) is 3.10. The Morgan fingerprint density at radius 3 is 3.06 bits per heavy atom. The van der Waals surface area contributed by atoms with E-state index in [2.05, 4.69) is 15.5 Å². The zero-order valence-corrected chi connectivity index (χ0v) is 11.3. The Bertz CT molecular complexity index is 420. The van der Waals surface area contributed by atoms with E-state index in [1.807, 2.05) is 0 Å². The molecule has 2 heterocycles. The number of aromatic nitrogens is 2. The smallest absolute Gasteiger partial charge is 0.234 e. The first-order chi connectivity index (χ1) is 8.37. The summed E-state index contributed by atoms with van der Waals surface area (Å²) < 4.78 is 5.58. The molecular weight excluding hydrogens is 250 g/mol. The predicted octanol–water partition coefficient (Wildman–Crippen LogP) is 2.09. The highest BCUT2D eigenvalue weighted by molar-refractivity contribution is 5.85. The lowest BCUT2D eigenvalue weighted by Crippen LogP contribution is -2.31. The second kappa shape index (κ2) is 4.49. The van der Waals surface area contributed by atoms with Gasteiger partial charge < -0.3 is 9.84 Å². The van der Waals surface area contributed by atoms with Crippen LogP contribution in [-0.4, -0.2) is 23.2 Å². The van der Waals surface area contributed by atoms with Gasteiger partial charge in [-0.15, -0.1) is 12.4 Å². The number of fused-ring (bicyclic) bond motifs is 1. The molecule has 3 fully saturated rings. The van der Waals surface area contributed by atoms with Crippen LogP contribution in [0.4, 0.5) is 0 Å². The minimum absolute atomic E-state index is 0. The molecule has 2 unspecified atom stereocenters. The van der Waals surface area contributed by atoms with E-state index in [0.29, 0.717) is 0 Å². The van der Waals surface area contributed by atoms with E-state index >= 15 is 0 Å². The topological polar surface area (TPSA) is 51.0 Å². The number of rotatable bonds is 3. The molecule has 1 aromatic rings. The highest BCUT2D eigenvalue weighted by Crippen LogP contribution is 2.47. The second-order valence-corrected chi connectivity index (χ2v) is 6.04. The SMILES string of the molecule is C1CC2CNCC2(c2nc(CC3CC3)no2)C1.Cl. The molecule has 100 valence electrons. The van der Waals surface area contributed by atoms with Gasteiger partial charge in [0.1, 0.15) is 0 Å². The summed E-state index contributed by atoms with van der Waals surface area (Å²) in [6, 6.07) is 0. The van der Waals surface area contributed by atoms with Gasteiger partial charge in [0, 0.05) is 13.0 Å². The number of hydrogen-bond donors (Lipinski definition) is 1. The molecule has 0 amide bonds. The maximum Gasteiger partial charge on any atom is 0.234 e. The lowest BCUT2D eigenvalue weighted by molar-refractivity contribution is 0.264. The summed E-state index contributed by atoms with van der Waals surface area (Å²) in [6.45, 7) is 2.16. The van der Waals surface area contributed by atoms with Crippen LogP contribution in [0.1, 0.15) is 43.8 Å². The molecule has 1 N–H and O–H groups in total. The minimum Gasteiger partial charge on any atom is -0.339 e. The van der Waals surface area contributed by atoms with Crippen LogP contribution in [-0.2, 0) is 11.8 Å². The number of hydrogen-bond acceptors (Lipinski definition) is 4. The fourth-order valence-corrected chi connectivity index (χ4v) is 3.62. The Hall–Kier alpha value is -0.610. The molecule has 2 aliphatic carbocycles. The first-order valence-electron chi connectivity index (χ1n) is 6.91. The van der Waals surface area contributed by atoms with Crippen molar-refractivity contribution in [2.45, 2.75) is 43.9 Å². The molecule has 0 radical (unpaired) electrons. The van der Waals surface area contributed by atoms with Gasteiger partial charge in [-0.1, -0.05) is 11.6 Å². The van der Waals surface area contributed by atoms with Crippen molar-refractivity contribution < 1.29 is 4.52 Å². The van der Waals surface area contributed by atoms with Gasteiger partial charge in [-0.3, -0.25) is 0 Å². The molecule has 4 nitrogen and oxygen atoms in total. The van der Waals surface area contributed by atoms with Gasteiger partial charge in [0.25, 0.3) is 0 Å². The first kappa shape index (κ1) is 12.4. The average molecular weight is 270 g/mol. The maximum absolute atomic E-state index is 5.58. The molecule has 1 aromatic heterocycles. The van der Waals surface area contributed by atoms with Crippen LogP contribution >= 0.6 is 12.4 Å². The van der Waals surface area contributed by atoms with Gasteiger partial charge in [0.05, 0.1) is 5.41 Å². The molecule has 2 atom stereocenters. The van der Waals surface area contributed by atoms with Gasteiger partial charge in [-0.25, -0.2) is 0 Å². The van der Waals surface area contributed by atoms with Gasteiger partial charge in [-0.05, 0) is 44.1 Å². The largest absolute Gasteiger partial charge is 0.339 e. The first-order valence-corrected chi connectivity index (χ1v) is 6.91. The monoisotopic (exact) mass is 269 g/mol. The lowest BCUT2D eigenvalue weighted by Gasteiger charge is -2.22. The summed E-state index contributed by atoms with van der Waals surface area (Å²) in [5.74, 6) is 3.41. The molecule has 4 rings (SSSR count). The van der Waals surface area contributed by atoms with Crippen molar-refractivity contribution in [3.05, 3.63) is 11.7 Å². The standard InChI is InChI=1S/C13H19N3O.ClH/c1-2-10-7-14-8-13(10,5-1)12-15-11(16-17-12)6-9-3-4-9;/h9-10,14H,1-8H2;1H. The summed E-state index contributed by atoms with van der Waals surface area (Å²) in [5, 5.41) is 7.68. The Morgan fingerprint density at radius 1 is 1.33 bits per heavy atom. The summed E-state index contributed by atoms with van der Waals surface area (Å²) in [7, 11) is 0. The fourth-order valence-electron chi connectivity index (χ4n) is 3.62. The third-order valence-electron chi connectivity index (χ3n) is 4.85. The molecule has 0 spiro atoms. The number of nitrogens with one attached hydrogen (secondary N) is 1.